The quantitative estimate of drug-likeness (QED) is 0.880. The summed E-state index contributed by atoms with van der Waals surface area (Å²) in [4.78, 5) is 16.2. The van der Waals surface area contributed by atoms with Crippen molar-refractivity contribution in [2.75, 3.05) is 18.9 Å². The van der Waals surface area contributed by atoms with E-state index in [4.69, 9.17) is 15.2 Å². The van der Waals surface area contributed by atoms with Crippen LogP contribution in [0.3, 0.4) is 0 Å². The van der Waals surface area contributed by atoms with Gasteiger partial charge >= 0.3 is 5.97 Å². The fraction of sp³-hybridized carbons (Fsp3) is 0.429. The molecule has 0 radical (unpaired) electrons. The van der Waals surface area contributed by atoms with Gasteiger partial charge in [0, 0.05) is 6.61 Å². The van der Waals surface area contributed by atoms with Crippen molar-refractivity contribution in [2.45, 2.75) is 25.4 Å². The van der Waals surface area contributed by atoms with E-state index in [-0.39, 0.29) is 12.1 Å². The highest BCUT2D eigenvalue weighted by Crippen LogP contribution is 2.25. The zero-order valence-electron chi connectivity index (χ0n) is 11.0. The number of carbonyl (C=O) groups is 1. The van der Waals surface area contributed by atoms with Crippen LogP contribution in [-0.2, 0) is 9.47 Å². The van der Waals surface area contributed by atoms with Crippen molar-refractivity contribution in [1.82, 2.24) is 4.98 Å². The number of ether oxygens (including phenoxy) is 2. The molecule has 6 heteroatoms. The topological polar surface area (TPSA) is 74.4 Å². The Labute approximate surface area is 120 Å². The molecule has 1 fully saturated rings. The van der Waals surface area contributed by atoms with Crippen LogP contribution in [0.1, 0.15) is 29.6 Å². The molecule has 5 nitrogen and oxygen atoms in total. The molecule has 1 aliphatic heterocycles. The fourth-order valence-corrected chi connectivity index (χ4v) is 3.03. The number of thiazole rings is 1. The van der Waals surface area contributed by atoms with E-state index < -0.39 is 0 Å². The lowest BCUT2D eigenvalue weighted by atomic mass is 10.1. The first-order valence-electron chi connectivity index (χ1n) is 6.67. The van der Waals surface area contributed by atoms with Crippen LogP contribution in [0.5, 0.6) is 0 Å². The number of rotatable bonds is 3. The standard InChI is InChI=1S/C14H16N2O3S/c15-14-16-11-5-4-9(7-12(11)20-14)13(17)19-8-10-3-1-2-6-18-10/h4-5,7,10H,1-3,6,8H2,(H2,15,16). The number of fused-ring (bicyclic) bond motifs is 1. The molecule has 1 aromatic heterocycles. The Morgan fingerprint density at radius 2 is 2.40 bits per heavy atom. The van der Waals surface area contributed by atoms with Crippen molar-refractivity contribution >= 4 is 32.7 Å². The number of hydrogen-bond acceptors (Lipinski definition) is 6. The van der Waals surface area contributed by atoms with Gasteiger partial charge in [-0.15, -0.1) is 0 Å². The minimum absolute atomic E-state index is 0.0375. The van der Waals surface area contributed by atoms with Gasteiger partial charge in [-0.2, -0.15) is 0 Å². The van der Waals surface area contributed by atoms with Gasteiger partial charge < -0.3 is 15.2 Å². The molecule has 0 saturated carbocycles. The number of hydrogen-bond donors (Lipinski definition) is 1. The number of carbonyl (C=O) groups excluding carboxylic acids is 1. The molecule has 1 aromatic carbocycles. The summed E-state index contributed by atoms with van der Waals surface area (Å²) < 4.78 is 11.7. The predicted octanol–water partition coefficient (Wildman–Crippen LogP) is 2.60. The first-order valence-corrected chi connectivity index (χ1v) is 7.49. The molecule has 2 aromatic rings. The third-order valence-electron chi connectivity index (χ3n) is 3.31. The lowest BCUT2D eigenvalue weighted by Gasteiger charge is -2.22. The minimum Gasteiger partial charge on any atom is -0.459 e. The van der Waals surface area contributed by atoms with Crippen molar-refractivity contribution in [1.29, 1.82) is 0 Å². The molecule has 1 aliphatic rings. The van der Waals surface area contributed by atoms with Crippen LogP contribution < -0.4 is 5.73 Å². The van der Waals surface area contributed by atoms with Crippen LogP contribution in [0.25, 0.3) is 10.2 Å². The number of benzene rings is 1. The van der Waals surface area contributed by atoms with Crippen LogP contribution in [-0.4, -0.2) is 30.3 Å². The van der Waals surface area contributed by atoms with Gasteiger partial charge in [-0.05, 0) is 37.5 Å². The number of anilines is 1. The number of nitrogen functional groups attached to an aromatic ring is 1. The average Bonchev–Trinajstić information content (AvgIpc) is 2.85. The number of nitrogens with zero attached hydrogens (tertiary/aromatic N) is 1. The van der Waals surface area contributed by atoms with Crippen molar-refractivity contribution in [2.24, 2.45) is 0 Å². The Hall–Kier alpha value is -1.66. The van der Waals surface area contributed by atoms with Crippen LogP contribution in [0.4, 0.5) is 5.13 Å². The summed E-state index contributed by atoms with van der Waals surface area (Å²) in [5.74, 6) is -0.326. The van der Waals surface area contributed by atoms with Gasteiger partial charge in [0.1, 0.15) is 6.61 Å². The van der Waals surface area contributed by atoms with Crippen molar-refractivity contribution in [3.05, 3.63) is 23.8 Å². The van der Waals surface area contributed by atoms with E-state index in [1.807, 2.05) is 0 Å². The molecule has 1 saturated heterocycles. The second kappa shape index (κ2) is 5.76. The molecule has 3 rings (SSSR count). The second-order valence-corrected chi connectivity index (χ2v) is 5.88. The van der Waals surface area contributed by atoms with E-state index >= 15 is 0 Å². The van der Waals surface area contributed by atoms with Crippen molar-refractivity contribution in [3.63, 3.8) is 0 Å². The number of esters is 1. The maximum Gasteiger partial charge on any atom is 0.338 e. The van der Waals surface area contributed by atoms with Crippen LogP contribution in [0.15, 0.2) is 18.2 Å². The molecule has 0 aliphatic carbocycles. The Bertz CT molecular complexity index is 620. The van der Waals surface area contributed by atoms with E-state index in [9.17, 15) is 4.79 Å². The van der Waals surface area contributed by atoms with E-state index in [1.165, 1.54) is 11.3 Å². The summed E-state index contributed by atoms with van der Waals surface area (Å²) in [6, 6.07) is 5.27. The zero-order chi connectivity index (χ0) is 13.9. The third kappa shape index (κ3) is 2.91. The molecule has 106 valence electrons. The molecule has 0 spiro atoms. The molecule has 1 atom stereocenters. The van der Waals surface area contributed by atoms with E-state index in [0.717, 1.165) is 36.1 Å². The summed E-state index contributed by atoms with van der Waals surface area (Å²) in [5, 5.41) is 0.501. The van der Waals surface area contributed by atoms with Gasteiger partial charge in [0.25, 0.3) is 0 Å². The normalized spacial score (nSPS) is 19.1. The summed E-state index contributed by atoms with van der Waals surface area (Å²) in [6.07, 6.45) is 3.22. The van der Waals surface area contributed by atoms with Gasteiger partial charge in [0.05, 0.1) is 21.9 Å². The second-order valence-electron chi connectivity index (χ2n) is 4.82. The zero-order valence-corrected chi connectivity index (χ0v) is 11.8. The molecule has 0 amide bonds. The van der Waals surface area contributed by atoms with E-state index in [0.29, 0.717) is 17.3 Å². The Balaban J connectivity index is 1.65. The van der Waals surface area contributed by atoms with Gasteiger partial charge in [0.15, 0.2) is 5.13 Å². The first-order chi connectivity index (χ1) is 9.72. The predicted molar refractivity (Wildman–Crippen MR) is 77.9 cm³/mol. The van der Waals surface area contributed by atoms with Crippen molar-refractivity contribution in [3.8, 4) is 0 Å². The summed E-state index contributed by atoms with van der Waals surface area (Å²) >= 11 is 1.36. The molecule has 2 N–H and O–H groups in total. The molecule has 2 heterocycles. The Morgan fingerprint density at radius 3 is 3.20 bits per heavy atom. The largest absolute Gasteiger partial charge is 0.459 e. The highest BCUT2D eigenvalue weighted by atomic mass is 32.1. The maximum absolute atomic E-state index is 12.0. The first kappa shape index (κ1) is 13.3. The fourth-order valence-electron chi connectivity index (χ4n) is 2.26. The lowest BCUT2D eigenvalue weighted by molar-refractivity contribution is -0.0300. The smallest absolute Gasteiger partial charge is 0.338 e. The highest BCUT2D eigenvalue weighted by molar-refractivity contribution is 7.22. The maximum atomic E-state index is 12.0. The average molecular weight is 292 g/mol. The van der Waals surface area contributed by atoms with Crippen LogP contribution >= 0.6 is 11.3 Å². The number of aromatic nitrogens is 1. The van der Waals surface area contributed by atoms with E-state index in [1.54, 1.807) is 18.2 Å². The Kier molecular flexibility index (Phi) is 3.84. The summed E-state index contributed by atoms with van der Waals surface area (Å²) in [5.41, 5.74) is 6.98. The minimum atomic E-state index is -0.326. The van der Waals surface area contributed by atoms with Crippen molar-refractivity contribution < 1.29 is 14.3 Å². The summed E-state index contributed by atoms with van der Waals surface area (Å²) in [6.45, 7) is 1.08. The van der Waals surface area contributed by atoms with Gasteiger partial charge in [-0.3, -0.25) is 0 Å². The molecule has 1 unspecified atom stereocenters. The molecule has 20 heavy (non-hydrogen) atoms. The molecular formula is C14H16N2O3S. The van der Waals surface area contributed by atoms with Crippen LogP contribution in [0.2, 0.25) is 0 Å². The van der Waals surface area contributed by atoms with Gasteiger partial charge in [0.2, 0.25) is 0 Å². The Morgan fingerprint density at radius 1 is 1.50 bits per heavy atom. The van der Waals surface area contributed by atoms with Crippen LogP contribution in [0, 0.1) is 0 Å². The molecule has 0 bridgehead atoms. The SMILES string of the molecule is Nc1nc2ccc(C(=O)OCC3CCCCO3)cc2s1. The number of nitrogens with two attached hydrogens (primary N) is 1. The van der Waals surface area contributed by atoms with Gasteiger partial charge in [-0.1, -0.05) is 11.3 Å². The highest BCUT2D eigenvalue weighted by Gasteiger charge is 2.17. The van der Waals surface area contributed by atoms with Gasteiger partial charge in [-0.25, -0.2) is 9.78 Å². The monoisotopic (exact) mass is 292 g/mol. The van der Waals surface area contributed by atoms with E-state index in [2.05, 4.69) is 4.98 Å². The lowest BCUT2D eigenvalue weighted by Crippen LogP contribution is -2.25. The summed E-state index contributed by atoms with van der Waals surface area (Å²) in [7, 11) is 0. The molecular weight excluding hydrogens is 276 g/mol. The third-order valence-corrected chi connectivity index (χ3v) is 4.16.